The zero-order valence-electron chi connectivity index (χ0n) is 10.6. The summed E-state index contributed by atoms with van der Waals surface area (Å²) in [4.78, 5) is 28.0. The Balaban J connectivity index is 1.97. The third kappa shape index (κ3) is 3.31. The van der Waals surface area contributed by atoms with Crippen LogP contribution in [-0.2, 0) is 0 Å². The second-order valence-corrected chi connectivity index (χ2v) is 4.41. The van der Waals surface area contributed by atoms with Crippen LogP contribution in [0.1, 0.15) is 23.8 Å². The summed E-state index contributed by atoms with van der Waals surface area (Å²) in [5.41, 5.74) is 1.73. The number of aromatic nitrogens is 1. The minimum Gasteiger partial charge on any atom is -0.477 e. The van der Waals surface area contributed by atoms with E-state index >= 15 is 0 Å². The fourth-order valence-corrected chi connectivity index (χ4v) is 1.75. The second-order valence-electron chi connectivity index (χ2n) is 4.41. The van der Waals surface area contributed by atoms with Crippen LogP contribution in [0.4, 0.5) is 10.5 Å². The van der Waals surface area contributed by atoms with E-state index < -0.39 is 5.97 Å². The molecule has 1 aliphatic heterocycles. The van der Waals surface area contributed by atoms with Gasteiger partial charge in [0.05, 0.1) is 11.9 Å². The number of pyridine rings is 1. The number of carboxylic acid groups (broad SMARTS) is 1. The molecule has 0 aromatic carbocycles. The molecule has 0 bridgehead atoms. The molecule has 19 heavy (non-hydrogen) atoms. The van der Waals surface area contributed by atoms with Gasteiger partial charge in [-0.2, -0.15) is 0 Å². The molecule has 6 heteroatoms. The van der Waals surface area contributed by atoms with Gasteiger partial charge in [0.15, 0.2) is 0 Å². The zero-order chi connectivity index (χ0) is 13.8. The minimum atomic E-state index is -1.09. The van der Waals surface area contributed by atoms with Crippen molar-refractivity contribution in [2.75, 3.05) is 18.4 Å². The molecule has 1 aromatic heterocycles. The van der Waals surface area contributed by atoms with Crippen LogP contribution in [0.5, 0.6) is 0 Å². The van der Waals surface area contributed by atoms with Crippen LogP contribution in [0.25, 0.3) is 0 Å². The smallest absolute Gasteiger partial charge is 0.354 e. The topological polar surface area (TPSA) is 82.5 Å². The van der Waals surface area contributed by atoms with Crippen molar-refractivity contribution in [1.82, 2.24) is 9.88 Å². The van der Waals surface area contributed by atoms with Crippen LogP contribution in [-0.4, -0.2) is 40.1 Å². The average molecular weight is 261 g/mol. The molecule has 0 fully saturated rings. The standard InChI is InChI=1S/C13H15N3O3/c1-9-4-6-16(7-5-9)13(19)15-10-2-3-11(12(17)18)14-8-10/h2-4,8H,5-7H2,1H3,(H,15,19)(H,17,18). The van der Waals surface area contributed by atoms with Crippen LogP contribution < -0.4 is 5.32 Å². The molecule has 0 saturated carbocycles. The summed E-state index contributed by atoms with van der Waals surface area (Å²) in [6, 6.07) is 2.69. The van der Waals surface area contributed by atoms with E-state index in [0.29, 0.717) is 18.8 Å². The van der Waals surface area contributed by atoms with Crippen molar-refractivity contribution in [3.05, 3.63) is 35.7 Å². The molecule has 1 aliphatic rings. The number of aromatic carboxylic acids is 1. The largest absolute Gasteiger partial charge is 0.477 e. The lowest BCUT2D eigenvalue weighted by Gasteiger charge is -2.25. The number of carboxylic acids is 1. The van der Waals surface area contributed by atoms with E-state index in [2.05, 4.69) is 10.3 Å². The molecule has 0 aliphatic carbocycles. The van der Waals surface area contributed by atoms with Gasteiger partial charge in [0.25, 0.3) is 0 Å². The molecule has 6 nitrogen and oxygen atoms in total. The SMILES string of the molecule is CC1=CCN(C(=O)Nc2ccc(C(=O)O)nc2)CC1. The first-order chi connectivity index (χ1) is 9.06. The fourth-order valence-electron chi connectivity index (χ4n) is 1.75. The molecule has 2 heterocycles. The highest BCUT2D eigenvalue weighted by atomic mass is 16.4. The molecule has 0 unspecified atom stereocenters. The Labute approximate surface area is 110 Å². The summed E-state index contributed by atoms with van der Waals surface area (Å²) in [6.07, 6.45) is 4.24. The highest BCUT2D eigenvalue weighted by Crippen LogP contribution is 2.12. The number of anilines is 1. The normalized spacial score (nSPS) is 14.8. The number of urea groups is 1. The van der Waals surface area contributed by atoms with Gasteiger partial charge in [0, 0.05) is 13.1 Å². The maximum Gasteiger partial charge on any atom is 0.354 e. The van der Waals surface area contributed by atoms with E-state index in [1.165, 1.54) is 23.9 Å². The van der Waals surface area contributed by atoms with Gasteiger partial charge in [0.1, 0.15) is 5.69 Å². The summed E-state index contributed by atoms with van der Waals surface area (Å²) in [7, 11) is 0. The Morgan fingerprint density at radius 2 is 2.21 bits per heavy atom. The summed E-state index contributed by atoms with van der Waals surface area (Å²) < 4.78 is 0. The first kappa shape index (κ1) is 13.1. The van der Waals surface area contributed by atoms with E-state index in [0.717, 1.165) is 6.42 Å². The third-order valence-corrected chi connectivity index (χ3v) is 2.96. The monoisotopic (exact) mass is 261 g/mol. The van der Waals surface area contributed by atoms with Crippen LogP contribution >= 0.6 is 0 Å². The van der Waals surface area contributed by atoms with Crippen molar-refractivity contribution in [3.8, 4) is 0 Å². The lowest BCUT2D eigenvalue weighted by molar-refractivity contribution is 0.0690. The second kappa shape index (κ2) is 5.51. The molecule has 2 amide bonds. The van der Waals surface area contributed by atoms with Gasteiger partial charge >= 0.3 is 12.0 Å². The number of rotatable bonds is 2. The summed E-state index contributed by atoms with van der Waals surface area (Å²) >= 11 is 0. The van der Waals surface area contributed by atoms with Gasteiger partial charge in [0.2, 0.25) is 0 Å². The van der Waals surface area contributed by atoms with E-state index in [-0.39, 0.29) is 11.7 Å². The zero-order valence-corrected chi connectivity index (χ0v) is 10.6. The molecule has 0 saturated heterocycles. The lowest BCUT2D eigenvalue weighted by atomic mass is 10.1. The van der Waals surface area contributed by atoms with Crippen molar-refractivity contribution < 1.29 is 14.7 Å². The first-order valence-corrected chi connectivity index (χ1v) is 5.97. The van der Waals surface area contributed by atoms with Crippen LogP contribution in [0.15, 0.2) is 30.0 Å². The molecule has 2 N–H and O–H groups in total. The maximum atomic E-state index is 11.9. The van der Waals surface area contributed by atoms with Crippen molar-refractivity contribution >= 4 is 17.7 Å². The number of hydrogen-bond donors (Lipinski definition) is 2. The Morgan fingerprint density at radius 1 is 1.42 bits per heavy atom. The predicted molar refractivity (Wildman–Crippen MR) is 70.2 cm³/mol. The van der Waals surface area contributed by atoms with Gasteiger partial charge in [-0.25, -0.2) is 14.6 Å². The lowest BCUT2D eigenvalue weighted by Crippen LogP contribution is -2.37. The quantitative estimate of drug-likeness (QED) is 0.797. The molecule has 2 rings (SSSR count). The maximum absolute atomic E-state index is 11.9. The van der Waals surface area contributed by atoms with Crippen molar-refractivity contribution in [3.63, 3.8) is 0 Å². The van der Waals surface area contributed by atoms with Crippen LogP contribution in [0.2, 0.25) is 0 Å². The van der Waals surface area contributed by atoms with Crippen LogP contribution in [0.3, 0.4) is 0 Å². The van der Waals surface area contributed by atoms with Gasteiger partial charge in [-0.05, 0) is 25.5 Å². The number of amides is 2. The van der Waals surface area contributed by atoms with Crippen LogP contribution in [0, 0.1) is 0 Å². The Hall–Kier alpha value is -2.37. The van der Waals surface area contributed by atoms with E-state index in [1.54, 1.807) is 4.90 Å². The molecule has 0 spiro atoms. The number of nitrogens with zero attached hydrogens (tertiary/aromatic N) is 2. The van der Waals surface area contributed by atoms with E-state index in [4.69, 9.17) is 5.11 Å². The number of carbonyl (C=O) groups excluding carboxylic acids is 1. The predicted octanol–water partition coefficient (Wildman–Crippen LogP) is 1.96. The van der Waals surface area contributed by atoms with Gasteiger partial charge in [-0.1, -0.05) is 11.6 Å². The third-order valence-electron chi connectivity index (χ3n) is 2.96. The van der Waals surface area contributed by atoms with Crippen molar-refractivity contribution in [2.45, 2.75) is 13.3 Å². The average Bonchev–Trinajstić information content (AvgIpc) is 2.40. The molecule has 100 valence electrons. The van der Waals surface area contributed by atoms with Gasteiger partial charge in [-0.3, -0.25) is 0 Å². The highest BCUT2D eigenvalue weighted by molar-refractivity contribution is 5.90. The van der Waals surface area contributed by atoms with E-state index in [1.807, 2.05) is 13.0 Å². The molecule has 0 atom stereocenters. The summed E-state index contributed by atoms with van der Waals surface area (Å²) in [5.74, 6) is -1.09. The highest BCUT2D eigenvalue weighted by Gasteiger charge is 2.15. The Kier molecular flexibility index (Phi) is 3.79. The first-order valence-electron chi connectivity index (χ1n) is 5.97. The van der Waals surface area contributed by atoms with Crippen molar-refractivity contribution in [1.29, 1.82) is 0 Å². The van der Waals surface area contributed by atoms with E-state index in [9.17, 15) is 9.59 Å². The van der Waals surface area contributed by atoms with Crippen molar-refractivity contribution in [2.24, 2.45) is 0 Å². The Morgan fingerprint density at radius 3 is 2.74 bits per heavy atom. The minimum absolute atomic E-state index is 0.0467. The number of nitrogens with one attached hydrogen (secondary N) is 1. The van der Waals surface area contributed by atoms with Gasteiger partial charge < -0.3 is 15.3 Å². The molecule has 1 aromatic rings. The molecular weight excluding hydrogens is 246 g/mol. The van der Waals surface area contributed by atoms with Gasteiger partial charge in [-0.15, -0.1) is 0 Å². The summed E-state index contributed by atoms with van der Waals surface area (Å²) in [6.45, 7) is 3.33. The summed E-state index contributed by atoms with van der Waals surface area (Å²) in [5, 5.41) is 11.4. The fraction of sp³-hybridized carbons (Fsp3) is 0.308. The molecule has 0 radical (unpaired) electrons. The molecular formula is C13H15N3O3. The number of hydrogen-bond acceptors (Lipinski definition) is 3. The Bertz CT molecular complexity index is 522. The number of carbonyl (C=O) groups is 2.